The van der Waals surface area contributed by atoms with Crippen LogP contribution < -0.4 is 5.73 Å². The third-order valence-electron chi connectivity index (χ3n) is 2.69. The maximum Gasteiger partial charge on any atom is 0.0941 e. The fraction of sp³-hybridized carbons (Fsp3) is 1.00. The Labute approximate surface area is 93.7 Å². The summed E-state index contributed by atoms with van der Waals surface area (Å²) in [6.45, 7) is 8.01. The molecule has 0 aliphatic rings. The Balaban J connectivity index is 0. The summed E-state index contributed by atoms with van der Waals surface area (Å²) in [7, 11) is 0. The highest BCUT2D eigenvalue weighted by Crippen LogP contribution is 2.23. The first-order valence-corrected chi connectivity index (χ1v) is 5.16. The topological polar surface area (TPSA) is 44.5 Å². The minimum atomic E-state index is 0. The molecule has 0 aromatic rings. The molecule has 0 rings (SSSR count). The van der Waals surface area contributed by atoms with Crippen molar-refractivity contribution in [1.82, 2.24) is 0 Å². The second-order valence-corrected chi connectivity index (χ2v) is 3.17. The molecule has 0 aromatic carbocycles. The third kappa shape index (κ3) is 5.81. The maximum atomic E-state index is 5.80. The highest BCUT2D eigenvalue weighted by atomic mass is 35.5. The quantitative estimate of drug-likeness (QED) is 0.510. The van der Waals surface area contributed by atoms with Crippen molar-refractivity contribution in [2.75, 3.05) is 19.9 Å². The number of ether oxygens (including phenoxy) is 2. The molecule has 0 aliphatic carbocycles. The summed E-state index contributed by atoms with van der Waals surface area (Å²) in [4.78, 5) is 0. The van der Waals surface area contributed by atoms with E-state index in [-0.39, 0.29) is 24.7 Å². The first-order valence-electron chi connectivity index (χ1n) is 5.16. The lowest BCUT2D eigenvalue weighted by molar-refractivity contribution is -0.0742. The molecule has 0 atom stereocenters. The predicted octanol–water partition coefficient (Wildman–Crippen LogP) is 2.33. The van der Waals surface area contributed by atoms with E-state index in [0.29, 0.717) is 13.2 Å². The van der Waals surface area contributed by atoms with Crippen LogP contribution in [0.5, 0.6) is 0 Å². The summed E-state index contributed by atoms with van der Waals surface area (Å²) in [6, 6.07) is 0. The van der Waals surface area contributed by atoms with Gasteiger partial charge in [0.2, 0.25) is 0 Å². The molecule has 0 heterocycles. The monoisotopic (exact) mass is 225 g/mol. The van der Waals surface area contributed by atoms with Crippen molar-refractivity contribution >= 4 is 12.4 Å². The second-order valence-electron chi connectivity index (χ2n) is 3.17. The summed E-state index contributed by atoms with van der Waals surface area (Å²) in [5, 5.41) is 0. The smallest absolute Gasteiger partial charge is 0.0941 e. The average molecular weight is 226 g/mol. The van der Waals surface area contributed by atoms with E-state index in [1.807, 2.05) is 0 Å². The van der Waals surface area contributed by atoms with Crippen LogP contribution in [-0.2, 0) is 9.47 Å². The molecule has 0 bridgehead atoms. The third-order valence-corrected chi connectivity index (χ3v) is 2.69. The lowest BCUT2D eigenvalue weighted by atomic mass is 9.94. The van der Waals surface area contributed by atoms with Crippen LogP contribution in [0.3, 0.4) is 0 Å². The SMILES string of the molecule is CCC(CC)(CC)OCCOCN.Cl. The molecular formula is C10H24ClNO2. The standard InChI is InChI=1S/C10H23NO2.ClH/c1-4-10(5-2,6-3)13-8-7-12-9-11;/h4-9,11H2,1-3H3;1H. The van der Waals surface area contributed by atoms with Gasteiger partial charge in [0.25, 0.3) is 0 Å². The van der Waals surface area contributed by atoms with Crippen LogP contribution in [0.4, 0.5) is 0 Å². The minimum absolute atomic E-state index is 0. The molecule has 0 aliphatic heterocycles. The molecule has 0 saturated carbocycles. The van der Waals surface area contributed by atoms with Crippen molar-refractivity contribution in [3.63, 3.8) is 0 Å². The van der Waals surface area contributed by atoms with Gasteiger partial charge >= 0.3 is 0 Å². The van der Waals surface area contributed by atoms with Gasteiger partial charge in [-0.2, -0.15) is 0 Å². The average Bonchev–Trinajstić information content (AvgIpc) is 2.20. The van der Waals surface area contributed by atoms with Gasteiger partial charge in [-0.25, -0.2) is 0 Å². The molecule has 0 spiro atoms. The number of rotatable bonds is 8. The molecule has 2 N–H and O–H groups in total. The van der Waals surface area contributed by atoms with Gasteiger partial charge in [0.05, 0.1) is 25.5 Å². The molecule has 14 heavy (non-hydrogen) atoms. The van der Waals surface area contributed by atoms with E-state index in [4.69, 9.17) is 15.2 Å². The van der Waals surface area contributed by atoms with Crippen molar-refractivity contribution < 1.29 is 9.47 Å². The summed E-state index contributed by atoms with van der Waals surface area (Å²) in [6.07, 6.45) is 3.17. The summed E-state index contributed by atoms with van der Waals surface area (Å²) < 4.78 is 10.8. The first kappa shape index (κ1) is 16.6. The Bertz CT molecular complexity index is 110. The van der Waals surface area contributed by atoms with Gasteiger partial charge in [0.1, 0.15) is 0 Å². The van der Waals surface area contributed by atoms with Crippen LogP contribution in [0.2, 0.25) is 0 Å². The number of halogens is 1. The highest BCUT2D eigenvalue weighted by molar-refractivity contribution is 5.85. The van der Waals surface area contributed by atoms with E-state index in [1.165, 1.54) is 0 Å². The van der Waals surface area contributed by atoms with Crippen molar-refractivity contribution in [3.05, 3.63) is 0 Å². The summed E-state index contributed by atoms with van der Waals surface area (Å²) in [5.41, 5.74) is 5.25. The van der Waals surface area contributed by atoms with E-state index >= 15 is 0 Å². The molecule has 0 aromatic heterocycles. The maximum absolute atomic E-state index is 5.80. The molecule has 0 fully saturated rings. The molecule has 0 amide bonds. The van der Waals surface area contributed by atoms with Crippen molar-refractivity contribution in [2.24, 2.45) is 5.73 Å². The Kier molecular flexibility index (Phi) is 11.5. The molecule has 88 valence electrons. The summed E-state index contributed by atoms with van der Waals surface area (Å²) in [5.74, 6) is 0. The zero-order valence-electron chi connectivity index (χ0n) is 9.54. The normalized spacial score (nSPS) is 11.1. The largest absolute Gasteiger partial charge is 0.373 e. The summed E-state index contributed by atoms with van der Waals surface area (Å²) >= 11 is 0. The molecule has 0 saturated heterocycles. The Morgan fingerprint density at radius 3 is 1.86 bits per heavy atom. The zero-order chi connectivity index (χ0) is 10.2. The van der Waals surface area contributed by atoms with Gasteiger partial charge < -0.3 is 15.2 Å². The Hall–Kier alpha value is 0.170. The van der Waals surface area contributed by atoms with E-state index < -0.39 is 0 Å². The molecule has 0 radical (unpaired) electrons. The van der Waals surface area contributed by atoms with Gasteiger partial charge in [0, 0.05) is 0 Å². The molecule has 0 unspecified atom stereocenters. The van der Waals surface area contributed by atoms with E-state index in [1.54, 1.807) is 0 Å². The van der Waals surface area contributed by atoms with Crippen LogP contribution >= 0.6 is 12.4 Å². The van der Waals surface area contributed by atoms with Gasteiger partial charge in [0.15, 0.2) is 0 Å². The Morgan fingerprint density at radius 2 is 1.50 bits per heavy atom. The zero-order valence-corrected chi connectivity index (χ0v) is 10.4. The van der Waals surface area contributed by atoms with Crippen LogP contribution in [0, 0.1) is 0 Å². The van der Waals surface area contributed by atoms with Gasteiger partial charge in [-0.1, -0.05) is 20.8 Å². The van der Waals surface area contributed by atoms with Gasteiger partial charge in [-0.15, -0.1) is 12.4 Å². The second kappa shape index (κ2) is 9.71. The van der Waals surface area contributed by atoms with Crippen molar-refractivity contribution in [2.45, 2.75) is 45.6 Å². The van der Waals surface area contributed by atoms with E-state index in [9.17, 15) is 0 Å². The lowest BCUT2D eigenvalue weighted by Crippen LogP contribution is -2.31. The molecular weight excluding hydrogens is 202 g/mol. The Morgan fingerprint density at radius 1 is 1.00 bits per heavy atom. The van der Waals surface area contributed by atoms with Crippen LogP contribution in [0.15, 0.2) is 0 Å². The fourth-order valence-electron chi connectivity index (χ4n) is 1.46. The number of hydrogen-bond donors (Lipinski definition) is 1. The number of hydrogen-bond acceptors (Lipinski definition) is 3. The molecule has 3 nitrogen and oxygen atoms in total. The lowest BCUT2D eigenvalue weighted by Gasteiger charge is -2.30. The van der Waals surface area contributed by atoms with Crippen LogP contribution in [0.25, 0.3) is 0 Å². The van der Waals surface area contributed by atoms with E-state index in [2.05, 4.69) is 20.8 Å². The number of nitrogens with two attached hydrogens (primary N) is 1. The predicted molar refractivity (Wildman–Crippen MR) is 61.8 cm³/mol. The van der Waals surface area contributed by atoms with Crippen LogP contribution in [-0.4, -0.2) is 25.5 Å². The molecule has 4 heteroatoms. The van der Waals surface area contributed by atoms with Crippen LogP contribution in [0.1, 0.15) is 40.0 Å². The van der Waals surface area contributed by atoms with E-state index in [0.717, 1.165) is 19.3 Å². The fourth-order valence-corrected chi connectivity index (χ4v) is 1.46. The first-order chi connectivity index (χ1) is 6.24. The highest BCUT2D eigenvalue weighted by Gasteiger charge is 2.23. The van der Waals surface area contributed by atoms with Gasteiger partial charge in [-0.05, 0) is 19.3 Å². The van der Waals surface area contributed by atoms with Crippen molar-refractivity contribution in [3.8, 4) is 0 Å². The van der Waals surface area contributed by atoms with Gasteiger partial charge in [-0.3, -0.25) is 0 Å². The minimum Gasteiger partial charge on any atom is -0.373 e. The van der Waals surface area contributed by atoms with Crippen molar-refractivity contribution in [1.29, 1.82) is 0 Å².